The lowest BCUT2D eigenvalue weighted by molar-refractivity contribution is 1.16. The van der Waals surface area contributed by atoms with Gasteiger partial charge in [0.25, 0.3) is 0 Å². The van der Waals surface area contributed by atoms with Crippen molar-refractivity contribution < 1.29 is 0 Å². The largest absolute Gasteiger partial charge is 0.0924 e. The molecule has 2 heteroatoms. The highest BCUT2D eigenvalue weighted by atomic mass is 79.9. The molecule has 0 unspecified atom stereocenters. The van der Waals surface area contributed by atoms with E-state index < -0.39 is 0 Å². The quantitative estimate of drug-likeness (QED) is 0.685. The maximum Gasteiger partial charge on any atom is 0.0411 e. The molecule has 0 aliphatic heterocycles. The van der Waals surface area contributed by atoms with Crippen LogP contribution in [0.25, 0.3) is 0 Å². The van der Waals surface area contributed by atoms with Crippen LogP contribution in [-0.2, 0) is 6.42 Å². The molecule has 0 nitrogen and oxygen atoms in total. The summed E-state index contributed by atoms with van der Waals surface area (Å²) in [6.07, 6.45) is 1.04. The highest BCUT2D eigenvalue weighted by Gasteiger charge is 1.95. The smallest absolute Gasteiger partial charge is 0.0411 e. The van der Waals surface area contributed by atoms with Gasteiger partial charge in [-0.2, -0.15) is 0 Å². The normalized spacial score (nSPS) is 10.1. The van der Waals surface area contributed by atoms with Crippen molar-refractivity contribution in [2.45, 2.75) is 13.3 Å². The van der Waals surface area contributed by atoms with Crippen molar-refractivity contribution in [3.8, 4) is 0 Å². The van der Waals surface area contributed by atoms with Gasteiger partial charge in [0.15, 0.2) is 0 Å². The lowest BCUT2D eigenvalue weighted by Crippen LogP contribution is -1.86. The van der Waals surface area contributed by atoms with E-state index in [1.54, 1.807) is 0 Å². The molecule has 0 spiro atoms. The van der Waals surface area contributed by atoms with Gasteiger partial charge < -0.3 is 0 Å². The summed E-state index contributed by atoms with van der Waals surface area (Å²) in [6, 6.07) is 6.14. The lowest BCUT2D eigenvalue weighted by atomic mass is 10.1. The maximum absolute atomic E-state index is 5.87. The average molecular weight is 234 g/mol. The summed E-state index contributed by atoms with van der Waals surface area (Å²) in [5.74, 6) is 0. The van der Waals surface area contributed by atoms with E-state index in [-0.39, 0.29) is 0 Å². The number of hydrogen-bond acceptors (Lipinski definition) is 0. The number of aryl methyl sites for hydroxylation is 2. The number of benzene rings is 1. The van der Waals surface area contributed by atoms with Crippen molar-refractivity contribution in [2.24, 2.45) is 0 Å². The predicted molar refractivity (Wildman–Crippen MR) is 53.7 cm³/mol. The summed E-state index contributed by atoms with van der Waals surface area (Å²) in [7, 11) is 0. The Hall–Kier alpha value is -0.0100. The molecule has 0 atom stereocenters. The molecule has 0 bridgehead atoms. The first-order valence-corrected chi connectivity index (χ1v) is 5.04. The Morgan fingerprint density at radius 2 is 2.09 bits per heavy atom. The summed E-state index contributed by atoms with van der Waals surface area (Å²) < 4.78 is 0. The average Bonchev–Trinajstić information content (AvgIpc) is 1.85. The second-order valence-electron chi connectivity index (χ2n) is 2.58. The summed E-state index contributed by atoms with van der Waals surface area (Å²) in [4.78, 5) is 0. The first kappa shape index (κ1) is 9.08. The summed E-state index contributed by atoms with van der Waals surface area (Å²) in [5, 5.41) is 1.83. The molecular weight excluding hydrogens is 223 g/mol. The van der Waals surface area contributed by atoms with E-state index in [9.17, 15) is 0 Å². The lowest BCUT2D eigenvalue weighted by Gasteiger charge is -2.00. The molecule has 0 N–H and O–H groups in total. The van der Waals surface area contributed by atoms with E-state index in [2.05, 4.69) is 28.9 Å². The fourth-order valence-corrected chi connectivity index (χ4v) is 1.84. The number of rotatable bonds is 2. The van der Waals surface area contributed by atoms with Gasteiger partial charge in [0.05, 0.1) is 0 Å². The fourth-order valence-electron chi connectivity index (χ4n) is 1.07. The molecule has 0 aliphatic carbocycles. The van der Waals surface area contributed by atoms with E-state index in [0.29, 0.717) is 0 Å². The molecule has 0 radical (unpaired) electrons. The standard InChI is InChI=1S/C9H10BrCl/c1-7-4-8(2-3-10)6-9(11)5-7/h4-6H,2-3H2,1H3. The third-order valence-electron chi connectivity index (χ3n) is 1.49. The molecule has 0 aliphatic rings. The Morgan fingerprint density at radius 1 is 1.36 bits per heavy atom. The zero-order valence-corrected chi connectivity index (χ0v) is 8.74. The van der Waals surface area contributed by atoms with Crippen molar-refractivity contribution >= 4 is 27.5 Å². The van der Waals surface area contributed by atoms with Crippen molar-refractivity contribution in [3.05, 3.63) is 34.3 Å². The minimum atomic E-state index is 0.834. The summed E-state index contributed by atoms with van der Waals surface area (Å²) in [5.41, 5.74) is 2.53. The van der Waals surface area contributed by atoms with Gasteiger partial charge in [-0.15, -0.1) is 0 Å². The third-order valence-corrected chi connectivity index (χ3v) is 2.10. The Kier molecular flexibility index (Phi) is 3.41. The van der Waals surface area contributed by atoms with Gasteiger partial charge in [-0.25, -0.2) is 0 Å². The van der Waals surface area contributed by atoms with Crippen LogP contribution >= 0.6 is 27.5 Å². The van der Waals surface area contributed by atoms with Crippen LogP contribution in [0.4, 0.5) is 0 Å². The number of halogens is 2. The first-order chi connectivity index (χ1) is 5.22. The molecular formula is C9H10BrCl. The fraction of sp³-hybridized carbons (Fsp3) is 0.333. The van der Waals surface area contributed by atoms with Crippen molar-refractivity contribution in [1.82, 2.24) is 0 Å². The second kappa shape index (κ2) is 4.13. The Bertz CT molecular complexity index is 225. The van der Waals surface area contributed by atoms with Crippen LogP contribution in [0.5, 0.6) is 0 Å². The van der Waals surface area contributed by atoms with Gasteiger partial charge in [-0.3, -0.25) is 0 Å². The van der Waals surface area contributed by atoms with Crippen molar-refractivity contribution in [1.29, 1.82) is 0 Å². The van der Waals surface area contributed by atoms with Crippen LogP contribution in [0, 0.1) is 6.92 Å². The first-order valence-electron chi connectivity index (χ1n) is 3.54. The van der Waals surface area contributed by atoms with Crippen LogP contribution in [0.3, 0.4) is 0 Å². The topological polar surface area (TPSA) is 0 Å². The molecule has 1 aromatic carbocycles. The minimum Gasteiger partial charge on any atom is -0.0924 e. The highest BCUT2D eigenvalue weighted by Crippen LogP contribution is 2.15. The van der Waals surface area contributed by atoms with E-state index in [4.69, 9.17) is 11.6 Å². The highest BCUT2D eigenvalue weighted by molar-refractivity contribution is 9.09. The minimum absolute atomic E-state index is 0.834. The summed E-state index contributed by atoms with van der Waals surface area (Å²) >= 11 is 9.26. The molecule has 0 aromatic heterocycles. The van der Waals surface area contributed by atoms with Gasteiger partial charge in [0.1, 0.15) is 0 Å². The zero-order valence-electron chi connectivity index (χ0n) is 6.40. The molecule has 60 valence electrons. The molecule has 1 aromatic rings. The molecule has 0 amide bonds. The number of alkyl halides is 1. The van der Waals surface area contributed by atoms with Crippen LogP contribution in [0.2, 0.25) is 5.02 Å². The second-order valence-corrected chi connectivity index (χ2v) is 3.81. The van der Waals surface area contributed by atoms with Crippen LogP contribution < -0.4 is 0 Å². The van der Waals surface area contributed by atoms with Gasteiger partial charge in [-0.1, -0.05) is 33.6 Å². The van der Waals surface area contributed by atoms with Gasteiger partial charge in [0.2, 0.25) is 0 Å². The van der Waals surface area contributed by atoms with Crippen molar-refractivity contribution in [2.75, 3.05) is 5.33 Å². The van der Waals surface area contributed by atoms with E-state index in [0.717, 1.165) is 16.8 Å². The van der Waals surface area contributed by atoms with E-state index >= 15 is 0 Å². The Labute approximate surface area is 80.7 Å². The van der Waals surface area contributed by atoms with Gasteiger partial charge in [-0.05, 0) is 36.6 Å². The third kappa shape index (κ3) is 2.84. The van der Waals surface area contributed by atoms with E-state index in [1.165, 1.54) is 11.1 Å². The predicted octanol–water partition coefficient (Wildman–Crippen LogP) is 3.59. The molecule has 0 heterocycles. The Morgan fingerprint density at radius 3 is 2.64 bits per heavy atom. The Balaban J connectivity index is 2.89. The molecule has 1 rings (SSSR count). The van der Waals surface area contributed by atoms with Crippen molar-refractivity contribution in [3.63, 3.8) is 0 Å². The summed E-state index contributed by atoms with van der Waals surface area (Å²) in [6.45, 7) is 2.06. The molecule has 0 fully saturated rings. The van der Waals surface area contributed by atoms with E-state index in [1.807, 2.05) is 12.1 Å². The monoisotopic (exact) mass is 232 g/mol. The number of hydrogen-bond donors (Lipinski definition) is 0. The molecule has 0 saturated heterocycles. The van der Waals surface area contributed by atoms with Gasteiger partial charge >= 0.3 is 0 Å². The SMILES string of the molecule is Cc1cc(Cl)cc(CCBr)c1. The van der Waals surface area contributed by atoms with Crippen LogP contribution in [-0.4, -0.2) is 5.33 Å². The van der Waals surface area contributed by atoms with Crippen LogP contribution in [0.15, 0.2) is 18.2 Å². The molecule has 0 saturated carbocycles. The van der Waals surface area contributed by atoms with Crippen LogP contribution in [0.1, 0.15) is 11.1 Å². The zero-order chi connectivity index (χ0) is 8.27. The van der Waals surface area contributed by atoms with Gasteiger partial charge in [0, 0.05) is 10.4 Å². The maximum atomic E-state index is 5.87. The molecule has 11 heavy (non-hydrogen) atoms.